The molecule has 0 nitrogen and oxygen atoms in total. The number of alkyl halides is 6. The van der Waals surface area contributed by atoms with E-state index >= 15 is 0 Å². The SMILES string of the molecule is F/C(Br)=C(/C(F)(F)F)C(F)(F)Br. The van der Waals surface area contributed by atoms with Gasteiger partial charge in [-0.3, -0.25) is 0 Å². The molecule has 0 aliphatic heterocycles. The molecule has 0 heterocycles. The van der Waals surface area contributed by atoms with E-state index in [9.17, 15) is 26.3 Å². The van der Waals surface area contributed by atoms with Crippen LogP contribution in [0.25, 0.3) is 0 Å². The monoisotopic (exact) mass is 320 g/mol. The lowest BCUT2D eigenvalue weighted by Gasteiger charge is -2.15. The molecule has 0 aromatic heterocycles. The molecule has 8 heteroatoms. The molecule has 0 aromatic rings. The zero-order valence-electron chi connectivity index (χ0n) is 5.02. The maximum atomic E-state index is 12.0. The van der Waals surface area contributed by atoms with Crippen molar-refractivity contribution < 1.29 is 26.3 Å². The molecule has 0 spiro atoms. The van der Waals surface area contributed by atoms with Gasteiger partial charge in [0.25, 0.3) is 0 Å². The van der Waals surface area contributed by atoms with Gasteiger partial charge in [-0.05, 0) is 31.9 Å². The van der Waals surface area contributed by atoms with E-state index in [1.54, 1.807) is 15.9 Å². The third kappa shape index (κ3) is 3.34. The van der Waals surface area contributed by atoms with Crippen LogP contribution in [0.5, 0.6) is 0 Å². The first-order valence-corrected chi connectivity index (χ1v) is 3.85. The van der Waals surface area contributed by atoms with Crippen molar-refractivity contribution in [2.75, 3.05) is 0 Å². The van der Waals surface area contributed by atoms with E-state index in [0.29, 0.717) is 0 Å². The van der Waals surface area contributed by atoms with Gasteiger partial charge >= 0.3 is 11.0 Å². The second kappa shape index (κ2) is 3.57. The molecule has 0 aromatic carbocycles. The van der Waals surface area contributed by atoms with Gasteiger partial charge in [-0.15, -0.1) is 0 Å². The van der Waals surface area contributed by atoms with Crippen LogP contribution >= 0.6 is 31.9 Å². The van der Waals surface area contributed by atoms with Gasteiger partial charge in [-0.1, -0.05) is 0 Å². The first-order chi connectivity index (χ1) is 5.07. The van der Waals surface area contributed by atoms with Gasteiger partial charge in [0, 0.05) is 0 Å². The highest BCUT2D eigenvalue weighted by atomic mass is 79.9. The fourth-order valence-electron chi connectivity index (χ4n) is 0.375. The number of hydrogen-bond acceptors (Lipinski definition) is 0. The van der Waals surface area contributed by atoms with E-state index in [-0.39, 0.29) is 0 Å². The summed E-state index contributed by atoms with van der Waals surface area (Å²) in [5, 5.41) is 0. The Morgan fingerprint density at radius 1 is 1.00 bits per heavy atom. The average Bonchev–Trinajstić information content (AvgIpc) is 1.49. The topological polar surface area (TPSA) is 0 Å². The molecule has 0 bridgehead atoms. The van der Waals surface area contributed by atoms with E-state index in [1.165, 1.54) is 15.9 Å². The summed E-state index contributed by atoms with van der Waals surface area (Å²) >= 11 is 3.10. The standard InChI is InChI=1S/C4Br2F6/c5-2(7)1(3(6,8)9)4(10,11)12/b2-1+. The summed E-state index contributed by atoms with van der Waals surface area (Å²) in [7, 11) is 0. The summed E-state index contributed by atoms with van der Waals surface area (Å²) in [5.74, 6) is 0. The molecule has 0 rings (SSSR count). The average molecular weight is 322 g/mol. The summed E-state index contributed by atoms with van der Waals surface area (Å²) < 4.78 is 68.7. The van der Waals surface area contributed by atoms with E-state index in [1.807, 2.05) is 0 Å². The lowest BCUT2D eigenvalue weighted by Crippen LogP contribution is -2.25. The molecule has 0 aliphatic carbocycles. The van der Waals surface area contributed by atoms with E-state index < -0.39 is 21.3 Å². The minimum atomic E-state index is -5.42. The van der Waals surface area contributed by atoms with Gasteiger partial charge in [0.15, 0.2) is 10.3 Å². The van der Waals surface area contributed by atoms with Crippen molar-refractivity contribution in [1.82, 2.24) is 0 Å². The van der Waals surface area contributed by atoms with E-state index in [2.05, 4.69) is 0 Å². The Morgan fingerprint density at radius 3 is 1.33 bits per heavy atom. The molecule has 0 atom stereocenters. The van der Waals surface area contributed by atoms with Crippen LogP contribution in [0.4, 0.5) is 26.3 Å². The third-order valence-electron chi connectivity index (χ3n) is 0.756. The van der Waals surface area contributed by atoms with Gasteiger partial charge in [-0.2, -0.15) is 26.3 Å². The summed E-state index contributed by atoms with van der Waals surface area (Å²) in [6.07, 6.45) is -5.42. The summed E-state index contributed by atoms with van der Waals surface area (Å²) in [4.78, 5) is -4.43. The van der Waals surface area contributed by atoms with Crippen molar-refractivity contribution in [2.45, 2.75) is 11.0 Å². The minimum absolute atomic E-state index is 1.40. The van der Waals surface area contributed by atoms with Crippen molar-refractivity contribution in [3.8, 4) is 0 Å². The second-order valence-corrected chi connectivity index (χ2v) is 3.32. The first kappa shape index (κ1) is 12.3. The highest BCUT2D eigenvalue weighted by molar-refractivity contribution is 9.11. The third-order valence-corrected chi connectivity index (χ3v) is 1.55. The molecule has 0 N–H and O–H groups in total. The van der Waals surface area contributed by atoms with Crippen LogP contribution in [-0.2, 0) is 0 Å². The molecular weight excluding hydrogens is 322 g/mol. The Kier molecular flexibility index (Phi) is 3.65. The molecule has 0 radical (unpaired) electrons. The molecule has 12 heavy (non-hydrogen) atoms. The Hall–Kier alpha value is 0.280. The van der Waals surface area contributed by atoms with Crippen LogP contribution in [0.2, 0.25) is 0 Å². The van der Waals surface area contributed by atoms with Crippen molar-refractivity contribution in [3.63, 3.8) is 0 Å². The Bertz CT molecular complexity index is 179. The van der Waals surface area contributed by atoms with Crippen LogP contribution in [0, 0.1) is 0 Å². The Labute approximate surface area is 79.9 Å². The fraction of sp³-hybridized carbons (Fsp3) is 0.500. The van der Waals surface area contributed by atoms with Crippen LogP contribution in [0.3, 0.4) is 0 Å². The van der Waals surface area contributed by atoms with Gasteiger partial charge in [0.2, 0.25) is 0 Å². The highest BCUT2D eigenvalue weighted by Gasteiger charge is 2.51. The summed E-state index contributed by atoms with van der Waals surface area (Å²) in [6, 6.07) is 0. The van der Waals surface area contributed by atoms with Crippen LogP contribution in [-0.4, -0.2) is 11.0 Å². The predicted octanol–water partition coefficient (Wildman–Crippen LogP) is 4.11. The van der Waals surface area contributed by atoms with Crippen molar-refractivity contribution in [3.05, 3.63) is 10.3 Å². The summed E-state index contributed by atoms with van der Waals surface area (Å²) in [6.45, 7) is 0. The molecule has 0 saturated carbocycles. The number of hydrogen-bond donors (Lipinski definition) is 0. The lowest BCUT2D eigenvalue weighted by molar-refractivity contribution is -0.113. The Balaban J connectivity index is 5.13. The molecule has 0 amide bonds. The fourth-order valence-corrected chi connectivity index (χ4v) is 1.51. The number of allylic oxidation sites excluding steroid dienone is 1. The van der Waals surface area contributed by atoms with Crippen LogP contribution in [0.15, 0.2) is 10.3 Å². The number of halogens is 8. The molecular formula is C4Br2F6. The van der Waals surface area contributed by atoms with E-state index in [0.717, 1.165) is 0 Å². The van der Waals surface area contributed by atoms with Crippen molar-refractivity contribution in [1.29, 1.82) is 0 Å². The maximum Gasteiger partial charge on any atom is 0.422 e. The van der Waals surface area contributed by atoms with Gasteiger partial charge < -0.3 is 0 Å². The predicted molar refractivity (Wildman–Crippen MR) is 37.0 cm³/mol. The largest absolute Gasteiger partial charge is 0.422 e. The molecule has 0 aliphatic rings. The zero-order valence-corrected chi connectivity index (χ0v) is 8.20. The maximum absolute atomic E-state index is 12.0. The molecule has 0 fully saturated rings. The van der Waals surface area contributed by atoms with Gasteiger partial charge in [0.1, 0.15) is 0 Å². The minimum Gasteiger partial charge on any atom is -0.198 e. The lowest BCUT2D eigenvalue weighted by atomic mass is 10.3. The smallest absolute Gasteiger partial charge is 0.198 e. The quantitative estimate of drug-likeness (QED) is 0.503. The summed E-state index contributed by atoms with van der Waals surface area (Å²) in [5.41, 5.74) is -2.59. The van der Waals surface area contributed by atoms with Crippen molar-refractivity contribution in [2.24, 2.45) is 0 Å². The molecule has 0 saturated heterocycles. The number of rotatable bonds is 1. The first-order valence-electron chi connectivity index (χ1n) is 2.26. The normalized spacial score (nSPS) is 16.0. The highest BCUT2D eigenvalue weighted by Crippen LogP contribution is 2.44. The molecule has 0 unspecified atom stereocenters. The van der Waals surface area contributed by atoms with Crippen LogP contribution < -0.4 is 0 Å². The zero-order chi connectivity index (χ0) is 10.2. The Morgan fingerprint density at radius 2 is 1.33 bits per heavy atom. The van der Waals surface area contributed by atoms with Crippen LogP contribution in [0.1, 0.15) is 0 Å². The van der Waals surface area contributed by atoms with Gasteiger partial charge in [0.05, 0.1) is 0 Å². The second-order valence-electron chi connectivity index (χ2n) is 1.63. The van der Waals surface area contributed by atoms with Crippen molar-refractivity contribution >= 4 is 31.9 Å². The van der Waals surface area contributed by atoms with Gasteiger partial charge in [-0.25, -0.2) is 0 Å². The van der Waals surface area contributed by atoms with E-state index in [4.69, 9.17) is 0 Å². The molecule has 72 valence electrons.